The summed E-state index contributed by atoms with van der Waals surface area (Å²) in [5.74, 6) is -0.174. The van der Waals surface area contributed by atoms with Crippen LogP contribution in [0.4, 0.5) is 0 Å². The van der Waals surface area contributed by atoms with E-state index in [0.29, 0.717) is 43.9 Å². The average Bonchev–Trinajstić information content (AvgIpc) is 3.28. The first-order chi connectivity index (χ1) is 30.8. The summed E-state index contributed by atoms with van der Waals surface area (Å²) in [6.07, 6.45) is -15.0. The SMILES string of the molecule is C[C@H]1O[C@H](O[C@@H]2[C@@H](O)[C@H](O)[C@H](OC[C@@H]3O[C@@H](OC(=O)[C@]45CC[C@@](C)(CO)C[C@H]4C4=CC[C@@H]6[C@@]7(C)CCC(O)C(C)(C)[C@@H]7CC[C@@]6(C)[C@]4(C)CC5)[C@@H](O)[C@H](O)[C@H]3O)O[C@H]2CO)[C@@H](O)[C@@H](O)[C@@H]1O. The highest BCUT2D eigenvalue weighted by atomic mass is 16.8. The Morgan fingerprint density at radius 1 is 0.682 bits per heavy atom. The molecule has 3 saturated heterocycles. The molecule has 0 aromatic heterocycles. The molecule has 0 bridgehead atoms. The minimum Gasteiger partial charge on any atom is -0.432 e. The van der Waals surface area contributed by atoms with Gasteiger partial charge in [0.2, 0.25) is 6.29 Å². The maximum atomic E-state index is 15.0. The van der Waals surface area contributed by atoms with E-state index in [-0.39, 0.29) is 40.3 Å². The number of hydrogen-bond donors (Lipinski definition) is 11. The fourth-order valence-electron chi connectivity index (χ4n) is 14.8. The summed E-state index contributed by atoms with van der Waals surface area (Å²) in [5, 5.41) is 118. The molecule has 8 aliphatic rings. The minimum absolute atomic E-state index is 0.0174. The van der Waals surface area contributed by atoms with E-state index in [9.17, 15) is 61.0 Å². The molecule has 24 atom stereocenters. The Morgan fingerprint density at radius 3 is 2.00 bits per heavy atom. The van der Waals surface area contributed by atoms with E-state index in [1.165, 1.54) is 12.5 Å². The van der Waals surface area contributed by atoms with Crippen molar-refractivity contribution in [2.45, 2.75) is 211 Å². The highest BCUT2D eigenvalue weighted by Crippen LogP contribution is 2.76. The smallest absolute Gasteiger partial charge is 0.315 e. The van der Waals surface area contributed by atoms with Crippen LogP contribution in [0, 0.1) is 50.2 Å². The van der Waals surface area contributed by atoms with Gasteiger partial charge in [-0.05, 0) is 116 Å². The van der Waals surface area contributed by atoms with Gasteiger partial charge in [0.05, 0.1) is 30.8 Å². The second kappa shape index (κ2) is 18.0. The van der Waals surface area contributed by atoms with Crippen LogP contribution in [-0.2, 0) is 33.2 Å². The first-order valence-corrected chi connectivity index (χ1v) is 24.3. The largest absolute Gasteiger partial charge is 0.432 e. The molecule has 5 aliphatic carbocycles. The third-order valence-electron chi connectivity index (χ3n) is 19.5. The Bertz CT molecular complexity index is 1800. The molecule has 0 spiro atoms. The number of rotatable bonds is 9. The molecular formula is C48H78O18. The molecule has 3 aliphatic heterocycles. The van der Waals surface area contributed by atoms with Crippen molar-refractivity contribution in [2.75, 3.05) is 19.8 Å². The van der Waals surface area contributed by atoms with E-state index in [1.807, 2.05) is 0 Å². The summed E-state index contributed by atoms with van der Waals surface area (Å²) in [6, 6.07) is 0. The monoisotopic (exact) mass is 943 g/mol. The summed E-state index contributed by atoms with van der Waals surface area (Å²) in [5.41, 5.74) is -0.853. The molecule has 4 saturated carbocycles. The van der Waals surface area contributed by atoms with Gasteiger partial charge in [0.25, 0.3) is 0 Å². The number of carbonyl (C=O) groups is 1. The van der Waals surface area contributed by atoms with Crippen LogP contribution in [-0.4, -0.2) is 180 Å². The molecule has 0 radical (unpaired) electrons. The molecule has 11 N–H and O–H groups in total. The number of hydrogen-bond acceptors (Lipinski definition) is 18. The van der Waals surface area contributed by atoms with E-state index in [0.717, 1.165) is 32.1 Å². The number of allylic oxidation sites excluding steroid dienone is 2. The van der Waals surface area contributed by atoms with Crippen molar-refractivity contribution in [2.24, 2.45) is 50.2 Å². The molecule has 18 heteroatoms. The van der Waals surface area contributed by atoms with Crippen LogP contribution in [0.2, 0.25) is 0 Å². The predicted octanol–water partition coefficient (Wildman–Crippen LogP) is 0.141. The van der Waals surface area contributed by atoms with Crippen molar-refractivity contribution in [1.82, 2.24) is 0 Å². The minimum atomic E-state index is -1.86. The van der Waals surface area contributed by atoms with Crippen LogP contribution < -0.4 is 0 Å². The zero-order valence-electron chi connectivity index (χ0n) is 39.5. The topological polar surface area (TPSA) is 295 Å². The van der Waals surface area contributed by atoms with Gasteiger partial charge in [-0.2, -0.15) is 0 Å². The zero-order chi connectivity index (χ0) is 48.3. The zero-order valence-corrected chi connectivity index (χ0v) is 39.5. The van der Waals surface area contributed by atoms with Crippen LogP contribution in [0.15, 0.2) is 11.6 Å². The summed E-state index contributed by atoms with van der Waals surface area (Å²) in [7, 11) is 0. The second-order valence-electron chi connectivity index (χ2n) is 23.3. The molecular weight excluding hydrogens is 865 g/mol. The van der Waals surface area contributed by atoms with Crippen molar-refractivity contribution < 1.29 is 89.4 Å². The van der Waals surface area contributed by atoms with Crippen molar-refractivity contribution in [3.8, 4) is 0 Å². The van der Waals surface area contributed by atoms with Gasteiger partial charge in [-0.25, -0.2) is 0 Å². The molecule has 378 valence electrons. The Hall–Kier alpha value is -1.43. The standard InChI is InChI=1S/C48H78O18/c1-22-30(52)32(54)35(57)40(62-22)65-38-25(19-49)63-39(37(59)34(38)56)61-20-26-31(53)33(55)36(58)41(64-26)66-42(60)48-16-14-44(4,21-50)18-24(48)23-8-9-28-45(5)12-11-29(51)43(2,3)27(45)10-13-47(28,7)46(23,6)15-17-48/h8,22,24-41,49-59H,9-21H2,1-7H3/t22-,24+,25+,26+,27+,28-,29?,30-,31+,32+,33-,34+,35+,36+,37+,38+,39-,40-,41+,44-,45+,46-,47-,48+/m1/s1. The highest BCUT2D eigenvalue weighted by molar-refractivity contribution is 5.79. The van der Waals surface area contributed by atoms with Crippen molar-refractivity contribution >= 4 is 5.97 Å². The molecule has 66 heavy (non-hydrogen) atoms. The quantitative estimate of drug-likeness (QED) is 0.108. The van der Waals surface area contributed by atoms with E-state index in [1.54, 1.807) is 0 Å². The number of aliphatic hydroxyl groups excluding tert-OH is 11. The van der Waals surface area contributed by atoms with Crippen molar-refractivity contribution in [1.29, 1.82) is 0 Å². The summed E-state index contributed by atoms with van der Waals surface area (Å²) in [6.45, 7) is 13.7. The van der Waals surface area contributed by atoms with Crippen LogP contribution in [0.1, 0.15) is 113 Å². The van der Waals surface area contributed by atoms with Gasteiger partial charge < -0.3 is 84.6 Å². The first kappa shape index (κ1) is 50.9. The predicted molar refractivity (Wildman–Crippen MR) is 230 cm³/mol. The van der Waals surface area contributed by atoms with Crippen LogP contribution in [0.5, 0.6) is 0 Å². The van der Waals surface area contributed by atoms with Gasteiger partial charge in [0, 0.05) is 6.61 Å². The van der Waals surface area contributed by atoms with Crippen molar-refractivity contribution in [3.63, 3.8) is 0 Å². The number of aliphatic hydroxyl groups is 11. The van der Waals surface area contributed by atoms with E-state index in [4.69, 9.17) is 28.4 Å². The second-order valence-corrected chi connectivity index (χ2v) is 23.3. The number of esters is 1. The Balaban J connectivity index is 0.983. The Morgan fingerprint density at radius 2 is 1.32 bits per heavy atom. The lowest BCUT2D eigenvalue weighted by atomic mass is 9.33. The van der Waals surface area contributed by atoms with Crippen LogP contribution in [0.25, 0.3) is 0 Å². The molecule has 18 nitrogen and oxygen atoms in total. The van der Waals surface area contributed by atoms with Gasteiger partial charge in [-0.1, -0.05) is 53.2 Å². The van der Waals surface area contributed by atoms with Crippen LogP contribution >= 0.6 is 0 Å². The lowest BCUT2D eigenvalue weighted by molar-refractivity contribution is -0.361. The van der Waals surface area contributed by atoms with Gasteiger partial charge in [-0.15, -0.1) is 0 Å². The molecule has 0 aromatic rings. The third kappa shape index (κ3) is 7.87. The lowest BCUT2D eigenvalue weighted by Crippen LogP contribution is -2.65. The number of ether oxygens (including phenoxy) is 6. The number of carbonyl (C=O) groups excluding carboxylic acids is 1. The van der Waals surface area contributed by atoms with E-state index >= 15 is 0 Å². The normalized spacial score (nSPS) is 54.8. The van der Waals surface area contributed by atoms with Gasteiger partial charge in [-0.3, -0.25) is 4.79 Å². The summed E-state index contributed by atoms with van der Waals surface area (Å²) in [4.78, 5) is 15.0. The molecule has 0 amide bonds. The number of fused-ring (bicyclic) bond motifs is 7. The van der Waals surface area contributed by atoms with Gasteiger partial charge in [0.1, 0.15) is 67.1 Å². The molecule has 1 unspecified atom stereocenters. The first-order valence-electron chi connectivity index (χ1n) is 24.3. The fraction of sp³-hybridized carbons (Fsp3) is 0.938. The molecule has 7 fully saturated rings. The van der Waals surface area contributed by atoms with E-state index in [2.05, 4.69) is 47.6 Å². The molecule has 3 heterocycles. The maximum absolute atomic E-state index is 15.0. The summed E-state index contributed by atoms with van der Waals surface area (Å²) >= 11 is 0. The third-order valence-corrected chi connectivity index (χ3v) is 19.5. The Labute approximate surface area is 387 Å². The Kier molecular flexibility index (Phi) is 13.9. The molecule has 8 rings (SSSR count). The summed E-state index contributed by atoms with van der Waals surface area (Å²) < 4.78 is 34.7. The maximum Gasteiger partial charge on any atom is 0.315 e. The van der Waals surface area contributed by atoms with Crippen molar-refractivity contribution in [3.05, 3.63) is 11.6 Å². The highest BCUT2D eigenvalue weighted by Gasteiger charge is 2.70. The van der Waals surface area contributed by atoms with Gasteiger partial charge in [0.15, 0.2) is 12.6 Å². The fourth-order valence-corrected chi connectivity index (χ4v) is 14.8. The van der Waals surface area contributed by atoms with E-state index < -0.39 is 122 Å². The van der Waals surface area contributed by atoms with Crippen LogP contribution in [0.3, 0.4) is 0 Å². The lowest BCUT2D eigenvalue weighted by Gasteiger charge is -2.71. The molecule has 0 aromatic carbocycles. The van der Waals surface area contributed by atoms with Gasteiger partial charge >= 0.3 is 5.97 Å². The average molecular weight is 943 g/mol.